The maximum Gasteiger partial charge on any atom is 0.166 e. The highest BCUT2D eigenvalue weighted by atomic mass is 16.1. The van der Waals surface area contributed by atoms with Crippen LogP contribution in [0.3, 0.4) is 0 Å². The molecule has 1 aromatic carbocycles. The second kappa shape index (κ2) is 5.23. The lowest BCUT2D eigenvalue weighted by Gasteiger charge is -2.22. The number of rotatable bonds is 2. The zero-order valence-corrected chi connectivity index (χ0v) is 11.6. The van der Waals surface area contributed by atoms with Gasteiger partial charge >= 0.3 is 0 Å². The van der Waals surface area contributed by atoms with Gasteiger partial charge in [-0.15, -0.1) is 0 Å². The average molecular weight is 244 g/mol. The Kier molecular flexibility index (Phi) is 3.86. The van der Waals surface area contributed by atoms with E-state index in [0.29, 0.717) is 5.78 Å². The van der Waals surface area contributed by atoms with Crippen molar-refractivity contribution in [2.45, 2.75) is 39.0 Å². The molecule has 2 rings (SSSR count). The molecule has 1 heterocycles. The first-order chi connectivity index (χ1) is 8.48. The summed E-state index contributed by atoms with van der Waals surface area (Å²) in [5.74, 6) is 0.480. The number of hydrogen-bond acceptors (Lipinski definition) is 1. The van der Waals surface area contributed by atoms with Crippen LogP contribution in [0.4, 0.5) is 0 Å². The molecular weight excluding hydrogens is 222 g/mol. The van der Waals surface area contributed by atoms with Crippen LogP contribution >= 0.6 is 0 Å². The molecule has 1 saturated heterocycles. The highest BCUT2D eigenvalue weighted by Gasteiger charge is 2.23. The summed E-state index contributed by atoms with van der Waals surface area (Å²) in [5, 5.41) is 4.30. The first-order valence-electron chi connectivity index (χ1n) is 6.76. The largest absolute Gasteiger partial charge is 0.294 e. The fourth-order valence-electron chi connectivity index (χ4n) is 2.38. The molecule has 0 bridgehead atoms. The summed E-state index contributed by atoms with van der Waals surface area (Å²) in [7, 11) is 0. The number of piperidine rings is 1. The molecule has 2 nitrogen and oxygen atoms in total. The molecule has 1 aliphatic rings. The minimum absolute atomic E-state index is 0.144. The van der Waals surface area contributed by atoms with Crippen LogP contribution < -0.4 is 5.32 Å². The van der Waals surface area contributed by atoms with Gasteiger partial charge in [0.05, 0.1) is 0 Å². The van der Waals surface area contributed by atoms with E-state index >= 15 is 0 Å². The van der Waals surface area contributed by atoms with E-state index in [-0.39, 0.29) is 11.3 Å². The van der Waals surface area contributed by atoms with Gasteiger partial charge in [0.15, 0.2) is 5.78 Å². The predicted molar refractivity (Wildman–Crippen MR) is 74.1 cm³/mol. The first-order valence-corrected chi connectivity index (χ1v) is 6.76. The molecule has 0 unspecified atom stereocenters. The summed E-state index contributed by atoms with van der Waals surface area (Å²) in [6.07, 6.45) is 1.83. The fraction of sp³-hybridized carbons (Fsp3) is 0.562. The molecule has 1 fully saturated rings. The molecule has 0 atom stereocenters. The summed E-state index contributed by atoms with van der Waals surface area (Å²) in [6.45, 7) is 8.25. The van der Waals surface area contributed by atoms with Crippen molar-refractivity contribution < 1.29 is 4.79 Å². The highest BCUT2D eigenvalue weighted by molar-refractivity contribution is 5.97. The Labute approximate surface area is 110 Å². The topological polar surface area (TPSA) is 31.2 Å². The van der Waals surface area contributed by atoms with Crippen molar-refractivity contribution in [3.63, 3.8) is 0 Å². The van der Waals surface area contributed by atoms with E-state index in [1.54, 1.807) is 0 Å². The highest BCUT2D eigenvalue weighted by Crippen LogP contribution is 2.24. The van der Waals surface area contributed by atoms with Gasteiger partial charge in [0.2, 0.25) is 0 Å². The lowest BCUT2D eigenvalue weighted by atomic mass is 9.85. The molecule has 1 radical (unpaired) electrons. The zero-order valence-electron chi connectivity index (χ0n) is 11.6. The summed E-state index contributed by atoms with van der Waals surface area (Å²) in [4.78, 5) is 12.3. The summed E-state index contributed by atoms with van der Waals surface area (Å²) < 4.78 is 0. The molecular formula is C16H22NO. The van der Waals surface area contributed by atoms with Gasteiger partial charge < -0.3 is 0 Å². The lowest BCUT2D eigenvalue weighted by Crippen LogP contribution is -2.28. The van der Waals surface area contributed by atoms with E-state index in [1.165, 1.54) is 5.56 Å². The minimum Gasteiger partial charge on any atom is -0.294 e. The van der Waals surface area contributed by atoms with Crippen LogP contribution in [-0.4, -0.2) is 18.9 Å². The van der Waals surface area contributed by atoms with Gasteiger partial charge in [0.1, 0.15) is 0 Å². The Bertz CT molecular complexity index is 408. The molecule has 1 aliphatic heterocycles. The Hall–Kier alpha value is -1.15. The molecule has 2 heteroatoms. The van der Waals surface area contributed by atoms with Crippen molar-refractivity contribution in [3.05, 3.63) is 35.4 Å². The molecule has 0 aromatic heterocycles. The number of Topliss-reactive ketones (excluding diaryl/α,β-unsaturated/α-hetero) is 1. The maximum absolute atomic E-state index is 12.3. The number of benzene rings is 1. The smallest absolute Gasteiger partial charge is 0.166 e. The van der Waals surface area contributed by atoms with Crippen LogP contribution in [0.25, 0.3) is 0 Å². The maximum atomic E-state index is 12.3. The third kappa shape index (κ3) is 2.99. The van der Waals surface area contributed by atoms with Gasteiger partial charge in [0, 0.05) is 24.6 Å². The van der Waals surface area contributed by atoms with Crippen molar-refractivity contribution in [1.29, 1.82) is 0 Å². The molecule has 0 saturated carbocycles. The van der Waals surface area contributed by atoms with Gasteiger partial charge in [-0.25, -0.2) is 5.32 Å². The standard InChI is InChI=1S/C16H22NO/c1-16(2,3)14-6-4-12(5-7-14)15(18)13-8-10-17-11-9-13/h4-7,13H,8-11H2,1-3H3. The molecule has 97 valence electrons. The molecule has 1 aromatic rings. The Balaban J connectivity index is 2.11. The van der Waals surface area contributed by atoms with Crippen LogP contribution in [0.1, 0.15) is 49.5 Å². The van der Waals surface area contributed by atoms with Crippen molar-refractivity contribution in [3.8, 4) is 0 Å². The van der Waals surface area contributed by atoms with E-state index in [0.717, 1.165) is 31.5 Å². The zero-order chi connectivity index (χ0) is 13.2. The number of ketones is 1. The van der Waals surface area contributed by atoms with Crippen LogP contribution in [0.5, 0.6) is 0 Å². The van der Waals surface area contributed by atoms with Crippen LogP contribution in [0.15, 0.2) is 24.3 Å². The second-order valence-electron chi connectivity index (χ2n) is 6.14. The molecule has 18 heavy (non-hydrogen) atoms. The average Bonchev–Trinajstić information content (AvgIpc) is 2.38. The van der Waals surface area contributed by atoms with E-state index in [2.05, 4.69) is 38.2 Å². The summed E-state index contributed by atoms with van der Waals surface area (Å²) >= 11 is 0. The van der Waals surface area contributed by atoms with Crippen LogP contribution in [0.2, 0.25) is 0 Å². The Morgan fingerprint density at radius 1 is 1.11 bits per heavy atom. The van der Waals surface area contributed by atoms with Crippen LogP contribution in [0, 0.1) is 5.92 Å². The second-order valence-corrected chi connectivity index (χ2v) is 6.14. The number of carbonyl (C=O) groups is 1. The predicted octanol–water partition coefficient (Wildman–Crippen LogP) is 3.18. The van der Waals surface area contributed by atoms with Gasteiger partial charge in [-0.1, -0.05) is 45.0 Å². The Morgan fingerprint density at radius 2 is 1.67 bits per heavy atom. The lowest BCUT2D eigenvalue weighted by molar-refractivity contribution is 0.0894. The molecule has 0 amide bonds. The van der Waals surface area contributed by atoms with Crippen LogP contribution in [-0.2, 0) is 5.41 Å². The number of hydrogen-bond donors (Lipinski definition) is 0. The van der Waals surface area contributed by atoms with Crippen molar-refractivity contribution in [2.75, 3.05) is 13.1 Å². The summed E-state index contributed by atoms with van der Waals surface area (Å²) in [5.41, 5.74) is 2.28. The van der Waals surface area contributed by atoms with Gasteiger partial charge in [-0.2, -0.15) is 0 Å². The first kappa shape index (κ1) is 13.3. The van der Waals surface area contributed by atoms with E-state index in [1.807, 2.05) is 12.1 Å². The third-order valence-electron chi connectivity index (χ3n) is 3.68. The monoisotopic (exact) mass is 244 g/mol. The quantitative estimate of drug-likeness (QED) is 0.735. The van der Waals surface area contributed by atoms with Crippen molar-refractivity contribution >= 4 is 5.78 Å². The molecule has 0 N–H and O–H groups in total. The normalized spacial score (nSPS) is 17.7. The van der Waals surface area contributed by atoms with Gasteiger partial charge in [0.25, 0.3) is 0 Å². The van der Waals surface area contributed by atoms with E-state index in [9.17, 15) is 4.79 Å². The number of carbonyl (C=O) groups excluding carboxylic acids is 1. The Morgan fingerprint density at radius 3 is 2.17 bits per heavy atom. The van der Waals surface area contributed by atoms with Gasteiger partial charge in [-0.3, -0.25) is 4.79 Å². The molecule has 0 aliphatic carbocycles. The minimum atomic E-state index is 0.144. The molecule has 0 spiro atoms. The van der Waals surface area contributed by atoms with E-state index < -0.39 is 0 Å². The van der Waals surface area contributed by atoms with Crippen molar-refractivity contribution in [2.24, 2.45) is 5.92 Å². The van der Waals surface area contributed by atoms with Gasteiger partial charge in [-0.05, 0) is 23.8 Å². The van der Waals surface area contributed by atoms with Crippen molar-refractivity contribution in [1.82, 2.24) is 5.32 Å². The third-order valence-corrected chi connectivity index (χ3v) is 3.68. The number of nitrogens with zero attached hydrogens (tertiary/aromatic N) is 1. The van der Waals surface area contributed by atoms with E-state index in [4.69, 9.17) is 0 Å². The SMILES string of the molecule is CC(C)(C)c1ccc(C(=O)C2CC[N]CC2)cc1. The summed E-state index contributed by atoms with van der Waals surface area (Å²) in [6, 6.07) is 8.13. The fourth-order valence-corrected chi connectivity index (χ4v) is 2.38.